The molecule has 5 rings (SSSR count). The molecule has 0 aliphatic carbocycles. The van der Waals surface area contributed by atoms with Crippen LogP contribution in [0.1, 0.15) is 35.7 Å². The largest absolute Gasteiger partial charge is 0.477 e. The summed E-state index contributed by atoms with van der Waals surface area (Å²) in [4.78, 5) is 9.07. The lowest BCUT2D eigenvalue weighted by atomic mass is 9.91. The molecule has 4 heterocycles. The molecule has 1 aliphatic rings. The first-order valence-electron chi connectivity index (χ1n) is 10.7. The lowest BCUT2D eigenvalue weighted by Crippen LogP contribution is -2.29. The van der Waals surface area contributed by atoms with Gasteiger partial charge in [-0.15, -0.1) is 5.10 Å². The number of hydrogen-bond acceptors (Lipinski definition) is 8. The molecule has 0 amide bonds. The first kappa shape index (κ1) is 20.3. The molecule has 164 valence electrons. The van der Waals surface area contributed by atoms with Crippen LogP contribution in [0.3, 0.4) is 0 Å². The minimum atomic E-state index is -0.519. The fraction of sp³-hybridized carbons (Fsp3) is 0.348. The maximum atomic E-state index is 6.03. The molecule has 0 radical (unpaired) electrons. The number of ether oxygens (including phenoxy) is 2. The molecule has 0 spiro atoms. The summed E-state index contributed by atoms with van der Waals surface area (Å²) >= 11 is 0. The molecule has 0 bridgehead atoms. The molecule has 3 aromatic heterocycles. The average Bonchev–Trinajstić information content (AvgIpc) is 3.58. The Morgan fingerprint density at radius 3 is 2.78 bits per heavy atom. The highest BCUT2D eigenvalue weighted by atomic mass is 16.5. The lowest BCUT2D eigenvalue weighted by molar-refractivity contribution is -0.00708. The zero-order valence-electron chi connectivity index (χ0n) is 17.8. The third-order valence-corrected chi connectivity index (χ3v) is 5.67. The van der Waals surface area contributed by atoms with Crippen molar-refractivity contribution in [3.63, 3.8) is 0 Å². The SMILES string of the molecule is Cc1oc(-c2ccccc2)nc1CCOc1ccc(CC2(c3nnn[nH]3)CCCO2)cn1. The van der Waals surface area contributed by atoms with Gasteiger partial charge in [-0.1, -0.05) is 24.3 Å². The standard InChI is InChI=1S/C23H24N6O3/c1-16-19(25-21(32-16)18-6-3-2-4-7-18)10-13-30-20-9-8-17(15-24-20)14-23(11-5-12-31-23)22-26-28-29-27-22/h2-4,6-9,15H,5,10-14H2,1H3,(H,26,27,28,29). The van der Waals surface area contributed by atoms with Crippen LogP contribution in [0.15, 0.2) is 53.1 Å². The molecular weight excluding hydrogens is 408 g/mol. The van der Waals surface area contributed by atoms with Crippen molar-refractivity contribution in [3.8, 4) is 17.3 Å². The van der Waals surface area contributed by atoms with E-state index in [0.29, 0.717) is 43.7 Å². The molecule has 1 unspecified atom stereocenters. The summed E-state index contributed by atoms with van der Waals surface area (Å²) in [6.07, 6.45) is 4.95. The molecule has 32 heavy (non-hydrogen) atoms. The summed E-state index contributed by atoms with van der Waals surface area (Å²) in [6, 6.07) is 13.8. The summed E-state index contributed by atoms with van der Waals surface area (Å²) in [5.41, 5.74) is 2.37. The Kier molecular flexibility index (Phi) is 5.64. The van der Waals surface area contributed by atoms with Crippen molar-refractivity contribution in [2.24, 2.45) is 0 Å². The third-order valence-electron chi connectivity index (χ3n) is 5.67. The Bertz CT molecular complexity index is 1140. The second kappa shape index (κ2) is 8.88. The molecule has 1 N–H and O–H groups in total. The Balaban J connectivity index is 1.19. The summed E-state index contributed by atoms with van der Waals surface area (Å²) < 4.78 is 17.7. The highest BCUT2D eigenvalue weighted by Crippen LogP contribution is 2.37. The average molecular weight is 432 g/mol. The van der Waals surface area contributed by atoms with Crippen LogP contribution >= 0.6 is 0 Å². The van der Waals surface area contributed by atoms with Gasteiger partial charge in [-0.05, 0) is 47.9 Å². The summed E-state index contributed by atoms with van der Waals surface area (Å²) in [7, 11) is 0. The van der Waals surface area contributed by atoms with Crippen LogP contribution in [-0.4, -0.2) is 43.8 Å². The molecule has 1 fully saturated rings. The van der Waals surface area contributed by atoms with Gasteiger partial charge in [-0.3, -0.25) is 0 Å². The number of hydrogen-bond donors (Lipinski definition) is 1. The summed E-state index contributed by atoms with van der Waals surface area (Å²) in [5.74, 6) is 2.67. The molecular formula is C23H24N6O3. The minimum Gasteiger partial charge on any atom is -0.477 e. The molecule has 1 atom stereocenters. The number of rotatable bonds is 8. The van der Waals surface area contributed by atoms with Crippen molar-refractivity contribution in [3.05, 3.63) is 71.5 Å². The molecule has 9 nitrogen and oxygen atoms in total. The van der Waals surface area contributed by atoms with Gasteiger partial charge in [0.25, 0.3) is 0 Å². The van der Waals surface area contributed by atoms with Gasteiger partial charge in [0.1, 0.15) is 11.4 Å². The zero-order chi connectivity index (χ0) is 21.8. The van der Waals surface area contributed by atoms with Gasteiger partial charge in [-0.25, -0.2) is 15.1 Å². The van der Waals surface area contributed by atoms with E-state index < -0.39 is 5.60 Å². The number of pyridine rings is 1. The van der Waals surface area contributed by atoms with E-state index in [1.54, 1.807) is 0 Å². The van der Waals surface area contributed by atoms with Gasteiger partial charge < -0.3 is 13.9 Å². The van der Waals surface area contributed by atoms with Crippen LogP contribution in [0.2, 0.25) is 0 Å². The topological polar surface area (TPSA) is 112 Å². The number of oxazole rings is 1. The molecule has 1 aliphatic heterocycles. The van der Waals surface area contributed by atoms with Gasteiger partial charge in [0, 0.05) is 37.3 Å². The Hall–Kier alpha value is -3.59. The first-order chi connectivity index (χ1) is 15.7. The fourth-order valence-electron chi connectivity index (χ4n) is 4.01. The molecule has 9 heteroatoms. The minimum absolute atomic E-state index is 0.463. The van der Waals surface area contributed by atoms with Crippen molar-refractivity contribution in [1.29, 1.82) is 0 Å². The Morgan fingerprint density at radius 2 is 2.06 bits per heavy atom. The second-order valence-electron chi connectivity index (χ2n) is 7.86. The van der Waals surface area contributed by atoms with E-state index in [0.717, 1.165) is 35.4 Å². The molecule has 4 aromatic rings. The van der Waals surface area contributed by atoms with Crippen molar-refractivity contribution >= 4 is 0 Å². The number of benzene rings is 1. The quantitative estimate of drug-likeness (QED) is 0.451. The predicted molar refractivity (Wildman–Crippen MR) is 115 cm³/mol. The van der Waals surface area contributed by atoms with Crippen molar-refractivity contribution < 1.29 is 13.9 Å². The predicted octanol–water partition coefficient (Wildman–Crippen LogP) is 3.43. The third kappa shape index (κ3) is 4.24. The Morgan fingerprint density at radius 1 is 1.16 bits per heavy atom. The van der Waals surface area contributed by atoms with Gasteiger partial charge in [0.05, 0.1) is 12.3 Å². The summed E-state index contributed by atoms with van der Waals surface area (Å²) in [6.45, 7) is 3.08. The van der Waals surface area contributed by atoms with E-state index in [-0.39, 0.29) is 0 Å². The zero-order valence-corrected chi connectivity index (χ0v) is 17.8. The second-order valence-corrected chi connectivity index (χ2v) is 7.86. The van der Waals surface area contributed by atoms with Crippen LogP contribution in [0.4, 0.5) is 0 Å². The van der Waals surface area contributed by atoms with E-state index in [4.69, 9.17) is 13.9 Å². The summed E-state index contributed by atoms with van der Waals surface area (Å²) in [5, 5.41) is 14.3. The maximum Gasteiger partial charge on any atom is 0.226 e. The molecule has 0 saturated carbocycles. The molecule has 1 aromatic carbocycles. The molecule has 1 saturated heterocycles. The first-order valence-corrected chi connectivity index (χ1v) is 10.7. The smallest absolute Gasteiger partial charge is 0.226 e. The van der Waals surface area contributed by atoms with E-state index in [9.17, 15) is 0 Å². The Labute approximate surface area is 185 Å². The van der Waals surface area contributed by atoms with Gasteiger partial charge in [-0.2, -0.15) is 0 Å². The highest BCUT2D eigenvalue weighted by Gasteiger charge is 2.40. The highest BCUT2D eigenvalue weighted by molar-refractivity contribution is 5.53. The number of tetrazole rings is 1. The number of aryl methyl sites for hydroxylation is 1. The van der Waals surface area contributed by atoms with Gasteiger partial charge >= 0.3 is 0 Å². The van der Waals surface area contributed by atoms with Crippen LogP contribution in [0.25, 0.3) is 11.5 Å². The van der Waals surface area contributed by atoms with Crippen LogP contribution in [-0.2, 0) is 23.2 Å². The normalized spacial score (nSPS) is 18.2. The number of aromatic amines is 1. The maximum absolute atomic E-state index is 6.03. The fourth-order valence-corrected chi connectivity index (χ4v) is 4.01. The van der Waals surface area contributed by atoms with Gasteiger partial charge in [0.2, 0.25) is 11.8 Å². The van der Waals surface area contributed by atoms with Crippen LogP contribution < -0.4 is 4.74 Å². The van der Waals surface area contributed by atoms with Crippen molar-refractivity contribution in [2.45, 2.75) is 38.2 Å². The van der Waals surface area contributed by atoms with E-state index in [1.807, 2.05) is 55.6 Å². The van der Waals surface area contributed by atoms with Crippen LogP contribution in [0.5, 0.6) is 5.88 Å². The number of nitrogens with one attached hydrogen (secondary N) is 1. The van der Waals surface area contributed by atoms with E-state index in [2.05, 4.69) is 30.6 Å². The van der Waals surface area contributed by atoms with E-state index in [1.165, 1.54) is 0 Å². The number of H-pyrrole nitrogens is 1. The lowest BCUT2D eigenvalue weighted by Gasteiger charge is -2.25. The van der Waals surface area contributed by atoms with E-state index >= 15 is 0 Å². The van der Waals surface area contributed by atoms with Gasteiger partial charge in [0.15, 0.2) is 5.82 Å². The van der Waals surface area contributed by atoms with Crippen molar-refractivity contribution in [1.82, 2.24) is 30.6 Å². The van der Waals surface area contributed by atoms with Crippen LogP contribution in [0, 0.1) is 6.92 Å². The number of nitrogens with zero attached hydrogens (tertiary/aromatic N) is 5. The number of aromatic nitrogens is 6. The van der Waals surface area contributed by atoms with Crippen molar-refractivity contribution in [2.75, 3.05) is 13.2 Å². The monoisotopic (exact) mass is 432 g/mol.